The number of carbonyl (C=O) groups is 1. The monoisotopic (exact) mass is 292 g/mol. The molecule has 1 aromatic rings. The maximum atomic E-state index is 11.1. The Balaban J connectivity index is 3.44. The topological polar surface area (TPSA) is 57.5 Å². The van der Waals surface area contributed by atoms with Crippen LogP contribution in [0.15, 0.2) is 12.1 Å². The van der Waals surface area contributed by atoms with Crippen LogP contribution in [0.2, 0.25) is 0 Å². The van der Waals surface area contributed by atoms with Crippen LogP contribution in [0.4, 0.5) is 0 Å². The van der Waals surface area contributed by atoms with Crippen molar-refractivity contribution in [3.8, 4) is 5.75 Å². The molecule has 2 N–H and O–H groups in total. The summed E-state index contributed by atoms with van der Waals surface area (Å²) in [6.07, 6.45) is 0.474. The molecule has 0 aromatic heterocycles. The molecule has 0 fully saturated rings. The van der Waals surface area contributed by atoms with Gasteiger partial charge in [-0.15, -0.1) is 0 Å². The minimum absolute atomic E-state index is 0.188. The van der Waals surface area contributed by atoms with Crippen molar-refractivity contribution in [2.45, 2.75) is 65.7 Å². The summed E-state index contributed by atoms with van der Waals surface area (Å²) in [5.41, 5.74) is 2.35. The van der Waals surface area contributed by atoms with Crippen molar-refractivity contribution in [1.29, 1.82) is 0 Å². The molecular weight excluding hydrogens is 264 g/mol. The van der Waals surface area contributed by atoms with Crippen LogP contribution in [0, 0.1) is 5.92 Å². The molecule has 0 aliphatic rings. The fraction of sp³-hybridized carbons (Fsp3) is 0.611. The lowest BCUT2D eigenvalue weighted by atomic mass is 9.77. The number of phenolic OH excluding ortho intramolecular Hbond substituents is 1. The van der Waals surface area contributed by atoms with E-state index in [0.717, 1.165) is 16.7 Å². The molecule has 0 unspecified atom stereocenters. The first-order valence-electron chi connectivity index (χ1n) is 7.43. The van der Waals surface area contributed by atoms with E-state index < -0.39 is 11.9 Å². The van der Waals surface area contributed by atoms with Crippen LogP contribution in [0.3, 0.4) is 0 Å². The van der Waals surface area contributed by atoms with Crippen LogP contribution in [0.25, 0.3) is 0 Å². The molecule has 1 atom stereocenters. The van der Waals surface area contributed by atoms with Gasteiger partial charge in [0.1, 0.15) is 5.75 Å². The first-order chi connectivity index (χ1) is 9.34. The van der Waals surface area contributed by atoms with Crippen molar-refractivity contribution in [3.05, 3.63) is 28.8 Å². The van der Waals surface area contributed by atoms with E-state index in [4.69, 9.17) is 5.11 Å². The second-order valence-electron chi connectivity index (χ2n) is 7.98. The van der Waals surface area contributed by atoms with Gasteiger partial charge in [0.2, 0.25) is 0 Å². The smallest absolute Gasteiger partial charge is 0.306 e. The molecule has 118 valence electrons. The molecule has 3 heteroatoms. The van der Waals surface area contributed by atoms with Crippen molar-refractivity contribution in [2.75, 3.05) is 0 Å². The molecule has 1 rings (SSSR count). The van der Waals surface area contributed by atoms with Gasteiger partial charge in [-0.3, -0.25) is 4.79 Å². The summed E-state index contributed by atoms with van der Waals surface area (Å²) < 4.78 is 0. The maximum Gasteiger partial charge on any atom is 0.306 e. The molecule has 0 spiro atoms. The second-order valence-corrected chi connectivity index (χ2v) is 7.98. The number of aromatic hydroxyl groups is 1. The third kappa shape index (κ3) is 4.23. The van der Waals surface area contributed by atoms with Gasteiger partial charge in [-0.25, -0.2) is 0 Å². The van der Waals surface area contributed by atoms with Gasteiger partial charge in [-0.1, -0.05) is 60.6 Å². The summed E-state index contributed by atoms with van der Waals surface area (Å²) in [4.78, 5) is 11.1. The average Bonchev–Trinajstić information content (AvgIpc) is 2.27. The zero-order valence-electron chi connectivity index (χ0n) is 14.2. The SMILES string of the molecule is C[C@H](Cc1cc(C(C)(C)C)c(O)c(C(C)(C)C)c1)C(=O)O. The molecule has 0 saturated carbocycles. The van der Waals surface area contributed by atoms with E-state index in [2.05, 4.69) is 41.5 Å². The zero-order valence-corrected chi connectivity index (χ0v) is 14.2. The Morgan fingerprint density at radius 2 is 1.43 bits per heavy atom. The van der Waals surface area contributed by atoms with Crippen molar-refractivity contribution in [2.24, 2.45) is 5.92 Å². The molecular formula is C18H28O3. The first kappa shape index (κ1) is 17.5. The largest absolute Gasteiger partial charge is 0.507 e. The number of hydrogen-bond donors (Lipinski definition) is 2. The predicted molar refractivity (Wildman–Crippen MR) is 86.0 cm³/mol. The number of benzene rings is 1. The van der Waals surface area contributed by atoms with Crippen molar-refractivity contribution < 1.29 is 15.0 Å². The van der Waals surface area contributed by atoms with E-state index in [1.165, 1.54) is 0 Å². The fourth-order valence-corrected chi connectivity index (χ4v) is 2.40. The lowest BCUT2D eigenvalue weighted by molar-refractivity contribution is -0.141. The van der Waals surface area contributed by atoms with E-state index in [0.29, 0.717) is 12.2 Å². The number of carboxylic acids is 1. The zero-order chi connectivity index (χ0) is 16.6. The molecule has 0 radical (unpaired) electrons. The van der Waals surface area contributed by atoms with Gasteiger partial charge in [0, 0.05) is 0 Å². The predicted octanol–water partition coefficient (Wildman–Crippen LogP) is 4.25. The number of phenols is 1. The van der Waals surface area contributed by atoms with Gasteiger partial charge in [-0.2, -0.15) is 0 Å². The summed E-state index contributed by atoms with van der Waals surface area (Å²) in [7, 11) is 0. The van der Waals surface area contributed by atoms with Gasteiger partial charge in [0.05, 0.1) is 5.92 Å². The number of carboxylic acid groups (broad SMARTS) is 1. The van der Waals surface area contributed by atoms with Gasteiger partial charge in [0.15, 0.2) is 0 Å². The van der Waals surface area contributed by atoms with Crippen LogP contribution in [-0.4, -0.2) is 16.2 Å². The normalized spacial score (nSPS) is 14.0. The molecule has 0 aliphatic carbocycles. The third-order valence-corrected chi connectivity index (χ3v) is 3.75. The molecule has 21 heavy (non-hydrogen) atoms. The minimum Gasteiger partial charge on any atom is -0.507 e. The highest BCUT2D eigenvalue weighted by molar-refractivity contribution is 5.70. The maximum absolute atomic E-state index is 11.1. The fourth-order valence-electron chi connectivity index (χ4n) is 2.40. The summed E-state index contributed by atoms with van der Waals surface area (Å²) >= 11 is 0. The van der Waals surface area contributed by atoms with Crippen LogP contribution < -0.4 is 0 Å². The summed E-state index contributed by atoms with van der Waals surface area (Å²) in [5.74, 6) is -0.894. The summed E-state index contributed by atoms with van der Waals surface area (Å²) in [6, 6.07) is 3.90. The van der Waals surface area contributed by atoms with Gasteiger partial charge < -0.3 is 10.2 Å². The van der Waals surface area contributed by atoms with Crippen molar-refractivity contribution in [1.82, 2.24) is 0 Å². The van der Waals surface area contributed by atoms with Gasteiger partial charge in [-0.05, 0) is 33.9 Å². The van der Waals surface area contributed by atoms with Crippen LogP contribution in [0.1, 0.15) is 65.2 Å². The lowest BCUT2D eigenvalue weighted by Gasteiger charge is -2.28. The van der Waals surface area contributed by atoms with Crippen molar-refractivity contribution in [3.63, 3.8) is 0 Å². The average molecular weight is 292 g/mol. The van der Waals surface area contributed by atoms with Crippen LogP contribution in [0.5, 0.6) is 5.75 Å². The van der Waals surface area contributed by atoms with E-state index >= 15 is 0 Å². The second kappa shape index (κ2) is 5.70. The Kier molecular flexibility index (Phi) is 4.76. The third-order valence-electron chi connectivity index (χ3n) is 3.75. The van der Waals surface area contributed by atoms with E-state index in [1.54, 1.807) is 6.92 Å². The summed E-state index contributed by atoms with van der Waals surface area (Å²) in [5, 5.41) is 19.7. The lowest BCUT2D eigenvalue weighted by Crippen LogP contribution is -2.19. The number of aliphatic carboxylic acids is 1. The minimum atomic E-state index is -0.794. The van der Waals surface area contributed by atoms with Crippen LogP contribution in [-0.2, 0) is 22.0 Å². The Bertz CT molecular complexity index is 495. The molecule has 0 saturated heterocycles. The highest BCUT2D eigenvalue weighted by Crippen LogP contribution is 2.40. The first-order valence-corrected chi connectivity index (χ1v) is 7.43. The molecule has 1 aromatic carbocycles. The standard InChI is InChI=1S/C18H28O3/c1-11(16(20)21)8-12-9-13(17(2,3)4)15(19)14(10-12)18(5,6)7/h9-11,19H,8H2,1-7H3,(H,20,21)/t11-/m1/s1. The number of rotatable bonds is 3. The molecule has 0 aliphatic heterocycles. The summed E-state index contributed by atoms with van der Waals surface area (Å²) in [6.45, 7) is 14.0. The Morgan fingerprint density at radius 1 is 1.05 bits per heavy atom. The Hall–Kier alpha value is -1.51. The molecule has 3 nitrogen and oxygen atoms in total. The van der Waals surface area contributed by atoms with E-state index in [9.17, 15) is 9.90 Å². The molecule has 0 heterocycles. The Labute approximate surface area is 128 Å². The van der Waals surface area contributed by atoms with E-state index in [-0.39, 0.29) is 10.8 Å². The van der Waals surface area contributed by atoms with Gasteiger partial charge in [0.25, 0.3) is 0 Å². The van der Waals surface area contributed by atoms with Crippen molar-refractivity contribution >= 4 is 5.97 Å². The molecule has 0 amide bonds. The van der Waals surface area contributed by atoms with Gasteiger partial charge >= 0.3 is 5.97 Å². The van der Waals surface area contributed by atoms with Crippen LogP contribution >= 0.6 is 0 Å². The number of hydrogen-bond acceptors (Lipinski definition) is 2. The van der Waals surface area contributed by atoms with E-state index in [1.807, 2.05) is 12.1 Å². The highest BCUT2D eigenvalue weighted by Gasteiger charge is 2.27. The Morgan fingerprint density at radius 3 is 1.71 bits per heavy atom. The highest BCUT2D eigenvalue weighted by atomic mass is 16.4. The quantitative estimate of drug-likeness (QED) is 0.875. The molecule has 0 bridgehead atoms.